The van der Waals surface area contributed by atoms with Gasteiger partial charge in [0, 0.05) is 17.0 Å². The van der Waals surface area contributed by atoms with E-state index in [2.05, 4.69) is 41.0 Å². The lowest BCUT2D eigenvalue weighted by Crippen LogP contribution is -2.25. The lowest BCUT2D eigenvalue weighted by Gasteiger charge is -2.18. The standard InChI is InChI=1S/C21H27FN4S/c1-5-26(6-2)13-7-12-23-20-19-18(16-8-10-17(22)11-9-16)14(3)27-21(19)25-15(4)24-20/h8-11H,5-7,12-13H2,1-4H3,(H,23,24,25). The van der Waals surface area contributed by atoms with Crippen molar-refractivity contribution in [3.8, 4) is 11.1 Å². The number of hydrogen-bond acceptors (Lipinski definition) is 5. The molecule has 2 heterocycles. The van der Waals surface area contributed by atoms with Crippen molar-refractivity contribution in [2.75, 3.05) is 31.5 Å². The van der Waals surface area contributed by atoms with Gasteiger partial charge in [0.25, 0.3) is 0 Å². The zero-order valence-corrected chi connectivity index (χ0v) is 17.3. The number of nitrogens with zero attached hydrogens (tertiary/aromatic N) is 3. The summed E-state index contributed by atoms with van der Waals surface area (Å²) in [6.45, 7) is 12.5. The number of thiophene rings is 1. The molecule has 0 atom stereocenters. The highest BCUT2D eigenvalue weighted by atomic mass is 32.1. The van der Waals surface area contributed by atoms with Crippen molar-refractivity contribution in [1.29, 1.82) is 0 Å². The Kier molecular flexibility index (Phi) is 6.39. The first-order valence-electron chi connectivity index (χ1n) is 9.53. The maximum absolute atomic E-state index is 13.4. The van der Waals surface area contributed by atoms with Crippen molar-refractivity contribution in [1.82, 2.24) is 14.9 Å². The molecule has 1 aromatic carbocycles. The molecule has 0 unspecified atom stereocenters. The van der Waals surface area contributed by atoms with Crippen LogP contribution >= 0.6 is 11.3 Å². The number of fused-ring (bicyclic) bond motifs is 1. The number of aromatic nitrogens is 2. The van der Waals surface area contributed by atoms with E-state index < -0.39 is 0 Å². The molecule has 0 spiro atoms. The molecule has 3 aromatic rings. The fourth-order valence-electron chi connectivity index (χ4n) is 3.36. The number of rotatable bonds is 8. The molecule has 1 N–H and O–H groups in total. The topological polar surface area (TPSA) is 41.0 Å². The molecule has 0 radical (unpaired) electrons. The van der Waals surface area contributed by atoms with E-state index in [1.807, 2.05) is 19.1 Å². The van der Waals surface area contributed by atoms with Crippen LogP contribution in [0.2, 0.25) is 0 Å². The van der Waals surface area contributed by atoms with Gasteiger partial charge in [-0.25, -0.2) is 14.4 Å². The first kappa shape index (κ1) is 19.7. The minimum absolute atomic E-state index is 0.224. The fourth-order valence-corrected chi connectivity index (χ4v) is 4.45. The molecule has 0 fully saturated rings. The van der Waals surface area contributed by atoms with Crippen molar-refractivity contribution in [2.45, 2.75) is 34.1 Å². The van der Waals surface area contributed by atoms with Gasteiger partial charge < -0.3 is 10.2 Å². The van der Waals surface area contributed by atoms with E-state index in [-0.39, 0.29) is 5.82 Å². The molecule has 0 amide bonds. The van der Waals surface area contributed by atoms with Crippen LogP contribution in [0.3, 0.4) is 0 Å². The smallest absolute Gasteiger partial charge is 0.139 e. The van der Waals surface area contributed by atoms with Crippen LogP contribution in [0.25, 0.3) is 21.3 Å². The molecule has 0 bridgehead atoms. The summed E-state index contributed by atoms with van der Waals surface area (Å²) in [5.74, 6) is 1.42. The van der Waals surface area contributed by atoms with Gasteiger partial charge in [-0.05, 0) is 57.6 Å². The second kappa shape index (κ2) is 8.76. The molecule has 4 nitrogen and oxygen atoms in total. The van der Waals surface area contributed by atoms with Crippen LogP contribution in [-0.4, -0.2) is 41.0 Å². The van der Waals surface area contributed by atoms with Crippen molar-refractivity contribution < 1.29 is 4.39 Å². The zero-order chi connectivity index (χ0) is 19.4. The first-order chi connectivity index (χ1) is 13.0. The Labute approximate surface area is 164 Å². The van der Waals surface area contributed by atoms with Crippen LogP contribution in [-0.2, 0) is 0 Å². The molecule has 0 aliphatic heterocycles. The Morgan fingerprint density at radius 2 is 1.78 bits per heavy atom. The number of aryl methyl sites for hydroxylation is 2. The van der Waals surface area contributed by atoms with Gasteiger partial charge in [0.2, 0.25) is 0 Å². The summed E-state index contributed by atoms with van der Waals surface area (Å²) in [5.41, 5.74) is 2.10. The van der Waals surface area contributed by atoms with Crippen molar-refractivity contribution in [3.05, 3.63) is 40.8 Å². The number of halogens is 1. The van der Waals surface area contributed by atoms with Crippen LogP contribution in [0.5, 0.6) is 0 Å². The number of benzene rings is 1. The fraction of sp³-hybridized carbons (Fsp3) is 0.429. The monoisotopic (exact) mass is 386 g/mol. The second-order valence-corrected chi connectivity index (χ2v) is 7.85. The number of anilines is 1. The third-order valence-corrected chi connectivity index (χ3v) is 5.81. The second-order valence-electron chi connectivity index (χ2n) is 6.65. The van der Waals surface area contributed by atoms with Crippen LogP contribution in [0.4, 0.5) is 10.2 Å². The Morgan fingerprint density at radius 3 is 2.44 bits per heavy atom. The van der Waals surface area contributed by atoms with E-state index in [9.17, 15) is 4.39 Å². The van der Waals surface area contributed by atoms with Gasteiger partial charge in [0.1, 0.15) is 22.3 Å². The van der Waals surface area contributed by atoms with Gasteiger partial charge >= 0.3 is 0 Å². The van der Waals surface area contributed by atoms with E-state index in [0.29, 0.717) is 0 Å². The SMILES string of the molecule is CCN(CC)CCCNc1nc(C)nc2sc(C)c(-c3ccc(F)cc3)c12. The van der Waals surface area contributed by atoms with Crippen molar-refractivity contribution in [3.63, 3.8) is 0 Å². The minimum Gasteiger partial charge on any atom is -0.369 e. The summed E-state index contributed by atoms with van der Waals surface area (Å²) in [6.07, 6.45) is 1.06. The summed E-state index contributed by atoms with van der Waals surface area (Å²) in [5, 5.41) is 4.56. The van der Waals surface area contributed by atoms with Crippen LogP contribution in [0.15, 0.2) is 24.3 Å². The molecule has 27 heavy (non-hydrogen) atoms. The molecule has 3 rings (SSSR count). The highest BCUT2D eigenvalue weighted by Gasteiger charge is 2.17. The van der Waals surface area contributed by atoms with E-state index in [1.165, 1.54) is 17.0 Å². The van der Waals surface area contributed by atoms with Crippen molar-refractivity contribution >= 4 is 27.4 Å². The van der Waals surface area contributed by atoms with Crippen LogP contribution < -0.4 is 5.32 Å². The summed E-state index contributed by atoms with van der Waals surface area (Å²) in [4.78, 5) is 13.9. The van der Waals surface area contributed by atoms with Gasteiger partial charge in [0.05, 0.1) is 5.39 Å². The molecule has 0 saturated heterocycles. The Balaban J connectivity index is 1.91. The average molecular weight is 387 g/mol. The Hall–Kier alpha value is -2.05. The van der Waals surface area contributed by atoms with E-state index in [4.69, 9.17) is 0 Å². The molecular formula is C21H27FN4S. The van der Waals surface area contributed by atoms with E-state index >= 15 is 0 Å². The first-order valence-corrected chi connectivity index (χ1v) is 10.3. The quantitative estimate of drug-likeness (QED) is 0.536. The normalized spacial score (nSPS) is 11.5. The van der Waals surface area contributed by atoms with Gasteiger partial charge in [-0.3, -0.25) is 0 Å². The van der Waals surface area contributed by atoms with Gasteiger partial charge in [-0.1, -0.05) is 26.0 Å². The highest BCUT2D eigenvalue weighted by Crippen LogP contribution is 2.40. The number of hydrogen-bond donors (Lipinski definition) is 1. The van der Waals surface area contributed by atoms with Gasteiger partial charge in [-0.15, -0.1) is 11.3 Å². The van der Waals surface area contributed by atoms with Gasteiger partial charge in [-0.2, -0.15) is 0 Å². The summed E-state index contributed by atoms with van der Waals surface area (Å²) >= 11 is 1.66. The third-order valence-electron chi connectivity index (χ3n) is 4.81. The van der Waals surface area contributed by atoms with E-state index in [1.54, 1.807) is 11.3 Å². The number of nitrogens with one attached hydrogen (secondary N) is 1. The molecule has 6 heteroatoms. The molecule has 2 aromatic heterocycles. The Morgan fingerprint density at radius 1 is 1.07 bits per heavy atom. The molecule has 144 valence electrons. The molecule has 0 aliphatic carbocycles. The zero-order valence-electron chi connectivity index (χ0n) is 16.5. The minimum atomic E-state index is -0.224. The van der Waals surface area contributed by atoms with E-state index in [0.717, 1.165) is 65.6 Å². The predicted octanol–water partition coefficient (Wildman–Crippen LogP) is 5.26. The Bertz CT molecular complexity index is 901. The van der Waals surface area contributed by atoms with Gasteiger partial charge in [0.15, 0.2) is 0 Å². The lowest BCUT2D eigenvalue weighted by molar-refractivity contribution is 0.303. The largest absolute Gasteiger partial charge is 0.369 e. The third kappa shape index (κ3) is 4.45. The van der Waals surface area contributed by atoms with Crippen LogP contribution in [0, 0.1) is 19.7 Å². The molecule has 0 saturated carbocycles. The highest BCUT2D eigenvalue weighted by molar-refractivity contribution is 7.19. The lowest BCUT2D eigenvalue weighted by atomic mass is 10.0. The molecule has 0 aliphatic rings. The predicted molar refractivity (Wildman–Crippen MR) is 113 cm³/mol. The maximum Gasteiger partial charge on any atom is 0.139 e. The summed E-state index contributed by atoms with van der Waals surface area (Å²) in [6, 6.07) is 6.66. The maximum atomic E-state index is 13.4. The molecular weight excluding hydrogens is 359 g/mol. The van der Waals surface area contributed by atoms with Crippen LogP contribution in [0.1, 0.15) is 31.0 Å². The summed E-state index contributed by atoms with van der Waals surface area (Å²) < 4.78 is 13.4. The summed E-state index contributed by atoms with van der Waals surface area (Å²) in [7, 11) is 0. The average Bonchev–Trinajstić information content (AvgIpc) is 2.98. The van der Waals surface area contributed by atoms with Crippen molar-refractivity contribution in [2.24, 2.45) is 0 Å².